The molecule has 0 saturated heterocycles. The average Bonchev–Trinajstić information content (AvgIpc) is 2.03. The van der Waals surface area contributed by atoms with E-state index >= 15 is 0 Å². The summed E-state index contributed by atoms with van der Waals surface area (Å²) >= 11 is 5.62. The number of halogens is 3. The fourth-order valence-corrected chi connectivity index (χ4v) is 1.08. The Morgan fingerprint density at radius 2 is 2.00 bits per heavy atom. The van der Waals surface area contributed by atoms with Gasteiger partial charge < -0.3 is 0 Å². The summed E-state index contributed by atoms with van der Waals surface area (Å²) in [5.41, 5.74) is 0.470. The van der Waals surface area contributed by atoms with E-state index in [1.54, 1.807) is 18.2 Å². The van der Waals surface area contributed by atoms with Crippen LogP contribution in [0, 0.1) is 6.92 Å². The molecule has 0 fully saturated rings. The van der Waals surface area contributed by atoms with Gasteiger partial charge in [-0.1, -0.05) is 23.7 Å². The molecule has 0 N–H and O–H groups in total. The number of hydrogen-bond donors (Lipinski definition) is 0. The summed E-state index contributed by atoms with van der Waals surface area (Å²) in [4.78, 5) is 0. The first kappa shape index (κ1) is 9.46. The van der Waals surface area contributed by atoms with E-state index in [9.17, 15) is 8.78 Å². The second-order valence-electron chi connectivity index (χ2n) is 2.50. The van der Waals surface area contributed by atoms with Gasteiger partial charge in [0.05, 0.1) is 0 Å². The zero-order valence-corrected chi connectivity index (χ0v) is 7.06. The summed E-state index contributed by atoms with van der Waals surface area (Å²) in [5.74, 6) is -0.997. The predicted octanol–water partition coefficient (Wildman–Crippen LogP) is 3.52. The summed E-state index contributed by atoms with van der Waals surface area (Å²) in [5, 5.41) is 0.460. The van der Waals surface area contributed by atoms with Gasteiger partial charge in [0.2, 0.25) is 6.43 Å². The van der Waals surface area contributed by atoms with Gasteiger partial charge >= 0.3 is 0 Å². The molecule has 12 heavy (non-hydrogen) atoms. The van der Waals surface area contributed by atoms with Crippen molar-refractivity contribution in [3.63, 3.8) is 0 Å². The van der Waals surface area contributed by atoms with Crippen molar-refractivity contribution in [2.24, 2.45) is 0 Å². The highest BCUT2D eigenvalue weighted by Crippen LogP contribution is 2.24. The Hall–Kier alpha value is -0.630. The number of alkyl halides is 2. The fourth-order valence-electron chi connectivity index (χ4n) is 0.883. The topological polar surface area (TPSA) is 0 Å². The number of hydrogen-bond acceptors (Lipinski definition) is 0. The lowest BCUT2D eigenvalue weighted by Crippen LogP contribution is -2.04. The van der Waals surface area contributed by atoms with Gasteiger partial charge in [0.25, 0.3) is 0 Å². The third-order valence-corrected chi connectivity index (χ3v) is 1.82. The second-order valence-corrected chi connectivity index (χ2v) is 2.93. The van der Waals surface area contributed by atoms with E-state index in [4.69, 9.17) is 11.6 Å². The first-order valence-electron chi connectivity index (χ1n) is 3.48. The highest BCUT2D eigenvalue weighted by Gasteiger charge is 2.16. The van der Waals surface area contributed by atoms with Gasteiger partial charge in [0, 0.05) is 10.9 Å². The zero-order valence-electron chi connectivity index (χ0n) is 6.31. The van der Waals surface area contributed by atoms with Crippen LogP contribution in [0.25, 0.3) is 0 Å². The van der Waals surface area contributed by atoms with Crippen molar-refractivity contribution in [3.8, 4) is 0 Å². The number of rotatable bonds is 2. The molecule has 1 unspecified atom stereocenters. The highest BCUT2D eigenvalue weighted by molar-refractivity contribution is 6.30. The first-order valence-corrected chi connectivity index (χ1v) is 3.86. The molecule has 0 heterocycles. The maximum Gasteiger partial charge on any atom is 0.245 e. The molecule has 1 aromatic rings. The van der Waals surface area contributed by atoms with Crippen LogP contribution >= 0.6 is 11.6 Å². The summed E-state index contributed by atoms with van der Waals surface area (Å²) in [6, 6.07) is 6.38. The lowest BCUT2D eigenvalue weighted by molar-refractivity contribution is 0.130. The maximum absolute atomic E-state index is 12.1. The van der Waals surface area contributed by atoms with Crippen LogP contribution in [-0.4, -0.2) is 6.43 Å². The molecule has 3 heteroatoms. The van der Waals surface area contributed by atoms with Crippen LogP contribution in [0.3, 0.4) is 0 Å². The zero-order chi connectivity index (χ0) is 9.14. The number of benzene rings is 1. The Morgan fingerprint density at radius 1 is 1.33 bits per heavy atom. The van der Waals surface area contributed by atoms with Crippen molar-refractivity contribution in [3.05, 3.63) is 41.8 Å². The van der Waals surface area contributed by atoms with Crippen LogP contribution in [0.4, 0.5) is 8.78 Å². The van der Waals surface area contributed by atoms with Crippen molar-refractivity contribution >= 4 is 11.6 Å². The Kier molecular flexibility index (Phi) is 3.04. The normalized spacial score (nSPS) is 13.4. The molecule has 65 valence electrons. The average molecular weight is 190 g/mol. The minimum Gasteiger partial charge on any atom is -0.210 e. The van der Waals surface area contributed by atoms with Gasteiger partial charge in [0.15, 0.2) is 0 Å². The summed E-state index contributed by atoms with van der Waals surface area (Å²) in [6.07, 6.45) is -2.44. The molecule has 0 bridgehead atoms. The highest BCUT2D eigenvalue weighted by atomic mass is 35.5. The lowest BCUT2D eigenvalue weighted by atomic mass is 10.0. The molecule has 1 rings (SSSR count). The first-order chi connectivity index (χ1) is 5.61. The van der Waals surface area contributed by atoms with Crippen LogP contribution in [0.15, 0.2) is 24.3 Å². The maximum atomic E-state index is 12.1. The van der Waals surface area contributed by atoms with E-state index in [1.807, 2.05) is 0 Å². The van der Waals surface area contributed by atoms with Crippen molar-refractivity contribution in [1.82, 2.24) is 0 Å². The monoisotopic (exact) mass is 189 g/mol. The Labute approximate surface area is 75.2 Å². The molecule has 1 aromatic carbocycles. The predicted molar refractivity (Wildman–Crippen MR) is 45.6 cm³/mol. The van der Waals surface area contributed by atoms with Crippen LogP contribution < -0.4 is 0 Å². The van der Waals surface area contributed by atoms with Gasteiger partial charge in [-0.2, -0.15) is 0 Å². The lowest BCUT2D eigenvalue weighted by Gasteiger charge is -2.09. The summed E-state index contributed by atoms with van der Waals surface area (Å²) in [7, 11) is 0. The third kappa shape index (κ3) is 2.18. The van der Waals surface area contributed by atoms with Crippen LogP contribution in [0.1, 0.15) is 11.5 Å². The van der Waals surface area contributed by atoms with Crippen molar-refractivity contribution in [2.75, 3.05) is 0 Å². The minimum atomic E-state index is -2.44. The van der Waals surface area contributed by atoms with E-state index in [1.165, 1.54) is 6.07 Å². The van der Waals surface area contributed by atoms with Crippen molar-refractivity contribution in [2.45, 2.75) is 12.3 Å². The van der Waals surface area contributed by atoms with Crippen molar-refractivity contribution in [1.29, 1.82) is 0 Å². The molecule has 0 saturated carbocycles. The largest absolute Gasteiger partial charge is 0.245 e. The van der Waals surface area contributed by atoms with E-state index < -0.39 is 12.3 Å². The SMILES string of the molecule is [CH2]C(c1cccc(Cl)c1)C(F)F. The molecule has 0 aliphatic rings. The Bertz CT molecular complexity index is 260. The van der Waals surface area contributed by atoms with E-state index in [-0.39, 0.29) is 0 Å². The van der Waals surface area contributed by atoms with Crippen molar-refractivity contribution < 1.29 is 8.78 Å². The third-order valence-electron chi connectivity index (χ3n) is 1.58. The summed E-state index contributed by atoms with van der Waals surface area (Å²) < 4.78 is 24.3. The Morgan fingerprint density at radius 3 is 2.50 bits per heavy atom. The fraction of sp³-hybridized carbons (Fsp3) is 0.222. The quantitative estimate of drug-likeness (QED) is 0.668. The molecule has 0 amide bonds. The smallest absolute Gasteiger partial charge is 0.210 e. The van der Waals surface area contributed by atoms with Gasteiger partial charge in [-0.3, -0.25) is 0 Å². The molecular formula is C9H8ClF2. The minimum absolute atomic E-state index is 0.460. The molecule has 0 aromatic heterocycles. The van der Waals surface area contributed by atoms with E-state index in [0.717, 1.165) is 0 Å². The second kappa shape index (κ2) is 3.85. The Balaban J connectivity index is 2.88. The van der Waals surface area contributed by atoms with Gasteiger partial charge in [-0.05, 0) is 24.6 Å². The standard InChI is InChI=1S/C9H8ClF2/c1-6(9(11)12)7-3-2-4-8(10)5-7/h2-6,9H,1H2. The van der Waals surface area contributed by atoms with Crippen LogP contribution in [0.5, 0.6) is 0 Å². The van der Waals surface area contributed by atoms with E-state index in [2.05, 4.69) is 6.92 Å². The molecule has 0 aliphatic carbocycles. The van der Waals surface area contributed by atoms with Gasteiger partial charge in [-0.25, -0.2) is 8.78 Å². The molecule has 0 aliphatic heterocycles. The van der Waals surface area contributed by atoms with E-state index in [0.29, 0.717) is 10.6 Å². The molecular weight excluding hydrogens is 182 g/mol. The molecule has 1 radical (unpaired) electrons. The molecule has 0 nitrogen and oxygen atoms in total. The summed E-state index contributed by atoms with van der Waals surface area (Å²) in [6.45, 7) is 3.34. The van der Waals surface area contributed by atoms with Crippen LogP contribution in [0.2, 0.25) is 5.02 Å². The van der Waals surface area contributed by atoms with Crippen LogP contribution in [-0.2, 0) is 0 Å². The molecule has 1 atom stereocenters. The van der Waals surface area contributed by atoms with Gasteiger partial charge in [0.1, 0.15) is 0 Å². The van der Waals surface area contributed by atoms with Gasteiger partial charge in [-0.15, -0.1) is 0 Å². The molecule has 0 spiro atoms.